The zero-order valence-electron chi connectivity index (χ0n) is 10.0. The summed E-state index contributed by atoms with van der Waals surface area (Å²) in [6.45, 7) is 13.5. The number of nitrogens with zero attached hydrogens (tertiary/aromatic N) is 1. The van der Waals surface area contributed by atoms with E-state index in [2.05, 4.69) is 41.5 Å². The van der Waals surface area contributed by atoms with Crippen LogP contribution >= 0.6 is 8.37 Å². The first-order chi connectivity index (χ1) is 5.89. The molecule has 0 spiro atoms. The maximum atomic E-state index is 4.85. The first-order valence-corrected chi connectivity index (χ1v) is 6.18. The summed E-state index contributed by atoms with van der Waals surface area (Å²) in [5.74, 6) is 0. The summed E-state index contributed by atoms with van der Waals surface area (Å²) in [5, 5.41) is 0.310. The quantitative estimate of drug-likeness (QED) is 0.574. The second kappa shape index (κ2) is 5.10. The second-order valence-electron chi connectivity index (χ2n) is 4.66. The molecule has 0 N–H and O–H groups in total. The van der Waals surface area contributed by atoms with Crippen LogP contribution in [0.25, 0.3) is 0 Å². The van der Waals surface area contributed by atoms with Gasteiger partial charge in [-0.1, -0.05) is 41.5 Å². The van der Waals surface area contributed by atoms with Crippen LogP contribution in [0.2, 0.25) is 0 Å². The Hall–Kier alpha value is 0.100. The van der Waals surface area contributed by atoms with Crippen LogP contribution in [0.3, 0.4) is 0 Å². The van der Waals surface area contributed by atoms with E-state index in [1.165, 1.54) is 27.6 Å². The summed E-state index contributed by atoms with van der Waals surface area (Å²) in [6, 6.07) is 0. The standard InChI is InChI=1S/C11H24NP/c1-7-11(8-2,9-3)12-13-10(4,5)6/h7-9H2,1-6H3. The Morgan fingerprint density at radius 1 is 0.923 bits per heavy atom. The summed E-state index contributed by atoms with van der Waals surface area (Å²) in [5.41, 5.74) is 0.245. The number of rotatable bonds is 4. The normalized spacial score (nSPS) is 14.0. The van der Waals surface area contributed by atoms with Gasteiger partial charge in [0.15, 0.2) is 0 Å². The van der Waals surface area contributed by atoms with Crippen LogP contribution in [0.1, 0.15) is 60.8 Å². The van der Waals surface area contributed by atoms with Crippen LogP contribution in [0, 0.1) is 0 Å². The molecule has 2 heteroatoms. The average molecular weight is 201 g/mol. The van der Waals surface area contributed by atoms with E-state index in [1.54, 1.807) is 0 Å². The molecule has 0 aromatic carbocycles. The fourth-order valence-corrected chi connectivity index (χ4v) is 2.15. The third-order valence-electron chi connectivity index (χ3n) is 2.54. The molecular formula is C11H24NP. The molecule has 1 nitrogen and oxygen atoms in total. The highest BCUT2D eigenvalue weighted by molar-refractivity contribution is 7.28. The topological polar surface area (TPSA) is 12.4 Å². The van der Waals surface area contributed by atoms with Gasteiger partial charge >= 0.3 is 0 Å². The van der Waals surface area contributed by atoms with E-state index >= 15 is 0 Å². The van der Waals surface area contributed by atoms with Crippen LogP contribution in [0.5, 0.6) is 0 Å². The van der Waals surface area contributed by atoms with E-state index in [4.69, 9.17) is 4.74 Å². The maximum absolute atomic E-state index is 4.85. The summed E-state index contributed by atoms with van der Waals surface area (Å²) in [7, 11) is 1.24. The molecule has 0 atom stereocenters. The molecular weight excluding hydrogens is 177 g/mol. The Kier molecular flexibility index (Phi) is 5.14. The molecule has 0 saturated heterocycles. The predicted molar refractivity (Wildman–Crippen MR) is 62.7 cm³/mol. The van der Waals surface area contributed by atoms with E-state index in [1.807, 2.05) is 0 Å². The molecule has 0 aromatic heterocycles. The highest BCUT2D eigenvalue weighted by Gasteiger charge is 2.22. The molecule has 78 valence electrons. The van der Waals surface area contributed by atoms with Gasteiger partial charge in [-0.05, 0) is 19.3 Å². The first-order valence-electron chi connectivity index (χ1n) is 5.33. The molecule has 0 bridgehead atoms. The second-order valence-corrected chi connectivity index (χ2v) is 6.40. The first kappa shape index (κ1) is 13.1. The summed E-state index contributed by atoms with van der Waals surface area (Å²) in [6.07, 6.45) is 3.51. The van der Waals surface area contributed by atoms with Crippen molar-refractivity contribution in [1.29, 1.82) is 0 Å². The van der Waals surface area contributed by atoms with Crippen molar-refractivity contribution in [3.05, 3.63) is 0 Å². The van der Waals surface area contributed by atoms with Gasteiger partial charge in [-0.2, -0.15) is 0 Å². The third kappa shape index (κ3) is 4.76. The van der Waals surface area contributed by atoms with Crippen molar-refractivity contribution in [3.63, 3.8) is 0 Å². The van der Waals surface area contributed by atoms with Gasteiger partial charge in [0.25, 0.3) is 0 Å². The number of hydrogen-bond donors (Lipinski definition) is 0. The van der Waals surface area contributed by atoms with E-state index in [0.717, 1.165) is 0 Å². The minimum atomic E-state index is 0.245. The zero-order chi connectivity index (χ0) is 10.5. The van der Waals surface area contributed by atoms with Crippen molar-refractivity contribution in [3.8, 4) is 0 Å². The Bertz CT molecular complexity index is 155. The molecule has 0 fully saturated rings. The molecule has 0 aliphatic carbocycles. The average Bonchev–Trinajstić information content (AvgIpc) is 2.06. The van der Waals surface area contributed by atoms with Crippen molar-refractivity contribution in [2.75, 3.05) is 0 Å². The highest BCUT2D eigenvalue weighted by atomic mass is 31.1. The molecule has 0 saturated carbocycles. The predicted octanol–water partition coefficient (Wildman–Crippen LogP) is 4.88. The van der Waals surface area contributed by atoms with Crippen molar-refractivity contribution in [2.24, 2.45) is 4.74 Å². The van der Waals surface area contributed by atoms with Crippen LogP contribution < -0.4 is 0 Å². The Balaban J connectivity index is 4.51. The van der Waals surface area contributed by atoms with Gasteiger partial charge in [0.1, 0.15) is 0 Å². The third-order valence-corrected chi connectivity index (χ3v) is 3.66. The van der Waals surface area contributed by atoms with Gasteiger partial charge in [0.05, 0.1) is 5.54 Å². The Morgan fingerprint density at radius 2 is 1.31 bits per heavy atom. The molecule has 13 heavy (non-hydrogen) atoms. The summed E-state index contributed by atoms with van der Waals surface area (Å²) < 4.78 is 4.85. The lowest BCUT2D eigenvalue weighted by molar-refractivity contribution is 0.390. The number of hydrogen-bond acceptors (Lipinski definition) is 1. The van der Waals surface area contributed by atoms with Gasteiger partial charge in [0.2, 0.25) is 0 Å². The van der Waals surface area contributed by atoms with E-state index in [9.17, 15) is 0 Å². The fraction of sp³-hybridized carbons (Fsp3) is 1.00. The van der Waals surface area contributed by atoms with Gasteiger partial charge in [-0.25, -0.2) is 0 Å². The lowest BCUT2D eigenvalue weighted by Crippen LogP contribution is -2.22. The highest BCUT2D eigenvalue weighted by Crippen LogP contribution is 2.33. The van der Waals surface area contributed by atoms with E-state index < -0.39 is 0 Å². The van der Waals surface area contributed by atoms with Crippen LogP contribution in [-0.4, -0.2) is 10.7 Å². The zero-order valence-corrected chi connectivity index (χ0v) is 10.9. The minimum absolute atomic E-state index is 0.245. The molecule has 0 aromatic rings. The monoisotopic (exact) mass is 201 g/mol. The van der Waals surface area contributed by atoms with Gasteiger partial charge in [-0.15, -0.1) is 0 Å². The summed E-state index contributed by atoms with van der Waals surface area (Å²) in [4.78, 5) is 0. The van der Waals surface area contributed by atoms with E-state index in [0.29, 0.717) is 5.16 Å². The van der Waals surface area contributed by atoms with Gasteiger partial charge in [-0.3, -0.25) is 4.74 Å². The molecule has 0 amide bonds. The Morgan fingerprint density at radius 3 is 1.54 bits per heavy atom. The van der Waals surface area contributed by atoms with Crippen molar-refractivity contribution in [2.45, 2.75) is 71.5 Å². The fourth-order valence-electron chi connectivity index (χ4n) is 1.22. The molecule has 0 aliphatic rings. The SMILES string of the molecule is CCC(CC)(CC)N=PC(C)(C)C. The molecule has 0 radical (unpaired) electrons. The van der Waals surface area contributed by atoms with Crippen molar-refractivity contribution >= 4 is 8.37 Å². The van der Waals surface area contributed by atoms with E-state index in [-0.39, 0.29) is 5.54 Å². The lowest BCUT2D eigenvalue weighted by Gasteiger charge is -2.26. The van der Waals surface area contributed by atoms with Crippen molar-refractivity contribution < 1.29 is 0 Å². The minimum Gasteiger partial charge on any atom is -0.262 e. The maximum Gasteiger partial charge on any atom is 0.0643 e. The smallest absolute Gasteiger partial charge is 0.0643 e. The largest absolute Gasteiger partial charge is 0.262 e. The molecule has 0 aliphatic heterocycles. The summed E-state index contributed by atoms with van der Waals surface area (Å²) >= 11 is 0. The Labute approximate surface area is 85.2 Å². The lowest BCUT2D eigenvalue weighted by atomic mass is 9.91. The van der Waals surface area contributed by atoms with Gasteiger partial charge < -0.3 is 0 Å². The molecule has 0 heterocycles. The van der Waals surface area contributed by atoms with Crippen LogP contribution in [0.4, 0.5) is 0 Å². The van der Waals surface area contributed by atoms with Crippen LogP contribution in [0.15, 0.2) is 4.74 Å². The van der Waals surface area contributed by atoms with Crippen molar-refractivity contribution in [1.82, 2.24) is 0 Å². The van der Waals surface area contributed by atoms with Gasteiger partial charge in [0, 0.05) is 13.5 Å². The van der Waals surface area contributed by atoms with Crippen LogP contribution in [-0.2, 0) is 0 Å². The molecule has 0 rings (SSSR count). The molecule has 0 unspecified atom stereocenters.